The number of hydrogen-bond acceptors (Lipinski definition) is 3. The van der Waals surface area contributed by atoms with Crippen molar-refractivity contribution >= 4 is 28.1 Å². The summed E-state index contributed by atoms with van der Waals surface area (Å²) in [7, 11) is 0. The molecule has 20 heavy (non-hydrogen) atoms. The van der Waals surface area contributed by atoms with Crippen molar-refractivity contribution in [3.05, 3.63) is 60.1 Å². The molecular formula is C16H12FNO2. The van der Waals surface area contributed by atoms with Crippen molar-refractivity contribution in [2.24, 2.45) is 0 Å². The fourth-order valence-electron chi connectivity index (χ4n) is 2.02. The molecule has 0 aliphatic carbocycles. The molecule has 3 aromatic rings. The van der Waals surface area contributed by atoms with Gasteiger partial charge in [0, 0.05) is 18.0 Å². The molecule has 0 saturated heterocycles. The third kappa shape index (κ3) is 2.28. The first-order chi connectivity index (χ1) is 9.63. The third-order valence-electron chi connectivity index (χ3n) is 3.01. The van der Waals surface area contributed by atoms with Crippen LogP contribution in [0.15, 0.2) is 52.9 Å². The zero-order valence-electron chi connectivity index (χ0n) is 10.8. The van der Waals surface area contributed by atoms with Crippen LogP contribution < -0.4 is 5.32 Å². The lowest BCUT2D eigenvalue weighted by Crippen LogP contribution is -1.90. The molecule has 3 nitrogen and oxygen atoms in total. The molecule has 0 spiro atoms. The first-order valence-electron chi connectivity index (χ1n) is 6.19. The van der Waals surface area contributed by atoms with Crippen LogP contribution in [0.25, 0.3) is 11.0 Å². The van der Waals surface area contributed by atoms with Crippen LogP contribution in [0, 0.1) is 5.82 Å². The first-order valence-corrected chi connectivity index (χ1v) is 6.19. The summed E-state index contributed by atoms with van der Waals surface area (Å²) in [6.07, 6.45) is 0. The van der Waals surface area contributed by atoms with E-state index in [-0.39, 0.29) is 11.6 Å². The van der Waals surface area contributed by atoms with Crippen LogP contribution in [0.4, 0.5) is 15.8 Å². The lowest BCUT2D eigenvalue weighted by molar-refractivity contribution is 0.0989. The van der Waals surface area contributed by atoms with Gasteiger partial charge < -0.3 is 9.73 Å². The summed E-state index contributed by atoms with van der Waals surface area (Å²) in [6.45, 7) is 1.46. The number of rotatable bonds is 3. The van der Waals surface area contributed by atoms with E-state index in [0.29, 0.717) is 11.3 Å². The molecule has 0 amide bonds. The molecule has 3 rings (SSSR count). The average Bonchev–Trinajstić information content (AvgIpc) is 2.87. The number of carbonyl (C=O) groups is 1. The SMILES string of the molecule is CC(=O)c1cc2cccc(Nc3ccc(F)cc3)c2o1. The van der Waals surface area contributed by atoms with Gasteiger partial charge in [-0.15, -0.1) is 0 Å². The van der Waals surface area contributed by atoms with Crippen LogP contribution in [0.2, 0.25) is 0 Å². The van der Waals surface area contributed by atoms with Crippen LogP contribution in [-0.4, -0.2) is 5.78 Å². The predicted octanol–water partition coefficient (Wildman–Crippen LogP) is 4.52. The van der Waals surface area contributed by atoms with Gasteiger partial charge in [0.1, 0.15) is 5.82 Å². The van der Waals surface area contributed by atoms with Crippen molar-refractivity contribution in [1.82, 2.24) is 0 Å². The van der Waals surface area contributed by atoms with E-state index < -0.39 is 0 Å². The van der Waals surface area contributed by atoms with Crippen LogP contribution >= 0.6 is 0 Å². The Hall–Kier alpha value is -2.62. The van der Waals surface area contributed by atoms with E-state index in [0.717, 1.165) is 16.8 Å². The van der Waals surface area contributed by atoms with Crippen LogP contribution in [0.1, 0.15) is 17.5 Å². The van der Waals surface area contributed by atoms with Crippen molar-refractivity contribution < 1.29 is 13.6 Å². The molecule has 1 heterocycles. The number of para-hydroxylation sites is 1. The minimum Gasteiger partial charge on any atom is -0.451 e. The average molecular weight is 269 g/mol. The number of benzene rings is 2. The Kier molecular flexibility index (Phi) is 2.99. The van der Waals surface area contributed by atoms with Gasteiger partial charge in [-0.25, -0.2) is 4.39 Å². The Morgan fingerprint density at radius 3 is 2.60 bits per heavy atom. The molecule has 0 saturated carbocycles. The van der Waals surface area contributed by atoms with Crippen LogP contribution in [0.5, 0.6) is 0 Å². The van der Waals surface area contributed by atoms with Crippen molar-refractivity contribution in [2.45, 2.75) is 6.92 Å². The first kappa shape index (κ1) is 12.4. The number of carbonyl (C=O) groups excluding carboxylic acids is 1. The van der Waals surface area contributed by atoms with Crippen molar-refractivity contribution in [3.8, 4) is 0 Å². The highest BCUT2D eigenvalue weighted by Crippen LogP contribution is 2.29. The summed E-state index contributed by atoms with van der Waals surface area (Å²) >= 11 is 0. The molecular weight excluding hydrogens is 257 g/mol. The number of fused-ring (bicyclic) bond motifs is 1. The summed E-state index contributed by atoms with van der Waals surface area (Å²) in [5.74, 6) is -0.0760. The van der Waals surface area contributed by atoms with E-state index in [1.807, 2.05) is 18.2 Å². The summed E-state index contributed by atoms with van der Waals surface area (Å²) in [4.78, 5) is 11.4. The molecule has 2 aromatic carbocycles. The number of anilines is 2. The molecule has 0 radical (unpaired) electrons. The molecule has 4 heteroatoms. The highest BCUT2D eigenvalue weighted by atomic mass is 19.1. The van der Waals surface area contributed by atoms with Gasteiger partial charge in [0.15, 0.2) is 17.1 Å². The second-order valence-corrected chi connectivity index (χ2v) is 4.52. The van der Waals surface area contributed by atoms with Gasteiger partial charge in [-0.3, -0.25) is 4.79 Å². The minimum absolute atomic E-state index is 0.117. The van der Waals surface area contributed by atoms with E-state index in [2.05, 4.69) is 5.32 Å². The smallest absolute Gasteiger partial charge is 0.194 e. The maximum Gasteiger partial charge on any atom is 0.194 e. The highest BCUT2D eigenvalue weighted by molar-refractivity contribution is 5.99. The topological polar surface area (TPSA) is 42.2 Å². The molecule has 0 atom stereocenters. The molecule has 1 aromatic heterocycles. The molecule has 1 N–H and O–H groups in total. The number of halogens is 1. The summed E-state index contributed by atoms with van der Waals surface area (Å²) in [5.41, 5.74) is 2.10. The second kappa shape index (κ2) is 4.81. The number of hydrogen-bond donors (Lipinski definition) is 1. The third-order valence-corrected chi connectivity index (χ3v) is 3.01. The van der Waals surface area contributed by atoms with Crippen molar-refractivity contribution in [1.29, 1.82) is 0 Å². The predicted molar refractivity (Wildman–Crippen MR) is 75.9 cm³/mol. The summed E-state index contributed by atoms with van der Waals surface area (Å²) in [5, 5.41) is 4.00. The van der Waals surface area contributed by atoms with Gasteiger partial charge in [-0.1, -0.05) is 12.1 Å². The van der Waals surface area contributed by atoms with Gasteiger partial charge >= 0.3 is 0 Å². The maximum absolute atomic E-state index is 12.9. The fraction of sp³-hybridized carbons (Fsp3) is 0.0625. The van der Waals surface area contributed by atoms with Gasteiger partial charge in [0.2, 0.25) is 0 Å². The van der Waals surface area contributed by atoms with Crippen molar-refractivity contribution in [3.63, 3.8) is 0 Å². The Bertz CT molecular complexity index is 775. The van der Waals surface area contributed by atoms with Gasteiger partial charge in [0.25, 0.3) is 0 Å². The van der Waals surface area contributed by atoms with E-state index in [4.69, 9.17) is 4.42 Å². The molecule has 0 fully saturated rings. The van der Waals surface area contributed by atoms with Gasteiger partial charge in [-0.2, -0.15) is 0 Å². The quantitative estimate of drug-likeness (QED) is 0.711. The number of Topliss-reactive ketones (excluding diaryl/α,β-unsaturated/α-hetero) is 1. The minimum atomic E-state index is -0.286. The van der Waals surface area contributed by atoms with E-state index in [9.17, 15) is 9.18 Å². The Morgan fingerprint density at radius 1 is 1.15 bits per heavy atom. The normalized spacial score (nSPS) is 10.7. The number of ketones is 1. The highest BCUT2D eigenvalue weighted by Gasteiger charge is 2.11. The van der Waals surface area contributed by atoms with Gasteiger partial charge in [0.05, 0.1) is 5.69 Å². The van der Waals surface area contributed by atoms with E-state index in [1.165, 1.54) is 19.1 Å². The van der Waals surface area contributed by atoms with Gasteiger partial charge in [-0.05, 0) is 36.4 Å². The van der Waals surface area contributed by atoms with Crippen LogP contribution in [-0.2, 0) is 0 Å². The Morgan fingerprint density at radius 2 is 1.90 bits per heavy atom. The number of nitrogens with one attached hydrogen (secondary N) is 1. The molecule has 0 bridgehead atoms. The lowest BCUT2D eigenvalue weighted by atomic mass is 10.2. The van der Waals surface area contributed by atoms with E-state index in [1.54, 1.807) is 18.2 Å². The zero-order chi connectivity index (χ0) is 14.1. The Balaban J connectivity index is 2.02. The molecule has 0 aliphatic rings. The van der Waals surface area contributed by atoms with Crippen molar-refractivity contribution in [2.75, 3.05) is 5.32 Å². The van der Waals surface area contributed by atoms with E-state index >= 15 is 0 Å². The monoisotopic (exact) mass is 269 g/mol. The summed E-state index contributed by atoms with van der Waals surface area (Å²) in [6, 6.07) is 13.4. The lowest BCUT2D eigenvalue weighted by Gasteiger charge is -2.06. The number of furan rings is 1. The molecule has 100 valence electrons. The summed E-state index contributed by atoms with van der Waals surface area (Å²) < 4.78 is 18.5. The second-order valence-electron chi connectivity index (χ2n) is 4.52. The maximum atomic E-state index is 12.9. The Labute approximate surface area is 115 Å². The standard InChI is InChI=1S/C16H12FNO2/c1-10(19)15-9-11-3-2-4-14(16(11)20-15)18-13-7-5-12(17)6-8-13/h2-9,18H,1H3. The van der Waals surface area contributed by atoms with Crippen LogP contribution in [0.3, 0.4) is 0 Å². The fourth-order valence-corrected chi connectivity index (χ4v) is 2.02. The molecule has 0 unspecified atom stereocenters. The zero-order valence-corrected chi connectivity index (χ0v) is 10.8. The molecule has 0 aliphatic heterocycles. The largest absolute Gasteiger partial charge is 0.451 e.